The van der Waals surface area contributed by atoms with Crippen molar-refractivity contribution < 1.29 is 4.74 Å². The number of ether oxygens (including phenoxy) is 1. The monoisotopic (exact) mass is 294 g/mol. The fourth-order valence-electron chi connectivity index (χ4n) is 3.62. The molecular weight excluding hydrogens is 264 g/mol. The normalized spacial score (nSPS) is 20.1. The molecule has 0 aliphatic heterocycles. The number of aryl methyl sites for hydroxylation is 2. The van der Waals surface area contributed by atoms with E-state index < -0.39 is 0 Å². The van der Waals surface area contributed by atoms with Crippen molar-refractivity contribution in [2.24, 2.45) is 12.9 Å². The Bertz CT molecular complexity index is 410. The van der Waals surface area contributed by atoms with Crippen LogP contribution in [0.15, 0.2) is 12.4 Å². The third-order valence-electron chi connectivity index (χ3n) is 4.70. The maximum absolute atomic E-state index is 6.23. The number of hydrogen-bond donors (Lipinski definition) is 2. The average Bonchev–Trinajstić information content (AvgIpc) is 2.74. The van der Waals surface area contributed by atoms with Crippen LogP contribution >= 0.6 is 0 Å². The molecule has 0 radical (unpaired) electrons. The fraction of sp³-hybridized carbons (Fsp3) is 0.812. The van der Waals surface area contributed by atoms with Gasteiger partial charge in [-0.1, -0.05) is 25.7 Å². The van der Waals surface area contributed by atoms with Crippen molar-refractivity contribution in [1.29, 1.82) is 0 Å². The molecule has 1 heterocycles. The Labute approximate surface area is 128 Å². The summed E-state index contributed by atoms with van der Waals surface area (Å²) in [7, 11) is 1.95. The quantitative estimate of drug-likeness (QED) is 0.460. The molecule has 1 aliphatic rings. The summed E-state index contributed by atoms with van der Waals surface area (Å²) in [6.45, 7) is 2.84. The lowest BCUT2D eigenvalue weighted by Crippen LogP contribution is -2.55. The lowest BCUT2D eigenvalue weighted by Gasteiger charge is -2.40. The lowest BCUT2D eigenvalue weighted by atomic mass is 9.83. The third-order valence-corrected chi connectivity index (χ3v) is 4.70. The summed E-state index contributed by atoms with van der Waals surface area (Å²) in [5.41, 5.74) is 4.22. The largest absolute Gasteiger partial charge is 0.374 e. The molecule has 1 aromatic rings. The van der Waals surface area contributed by atoms with Crippen molar-refractivity contribution in [1.82, 2.24) is 15.2 Å². The molecule has 5 nitrogen and oxygen atoms in total. The molecule has 0 amide bonds. The smallest absolute Gasteiger partial charge is 0.0848 e. The maximum Gasteiger partial charge on any atom is 0.0848 e. The number of nitrogens with one attached hydrogen (secondary N) is 1. The van der Waals surface area contributed by atoms with Gasteiger partial charge in [0, 0.05) is 19.9 Å². The van der Waals surface area contributed by atoms with E-state index in [1.54, 1.807) is 0 Å². The highest BCUT2D eigenvalue weighted by Gasteiger charge is 2.39. The minimum atomic E-state index is -0.0950. The van der Waals surface area contributed by atoms with E-state index in [0.717, 1.165) is 32.3 Å². The molecule has 1 saturated carbocycles. The number of rotatable bonds is 7. The van der Waals surface area contributed by atoms with E-state index in [0.29, 0.717) is 0 Å². The zero-order valence-corrected chi connectivity index (χ0v) is 13.5. The minimum Gasteiger partial charge on any atom is -0.374 e. The van der Waals surface area contributed by atoms with Crippen molar-refractivity contribution in [2.45, 2.75) is 69.9 Å². The zero-order valence-electron chi connectivity index (χ0n) is 13.5. The van der Waals surface area contributed by atoms with Gasteiger partial charge in [0.25, 0.3) is 0 Å². The zero-order chi connectivity index (χ0) is 15.1. The predicted molar refractivity (Wildman–Crippen MR) is 84.7 cm³/mol. The van der Waals surface area contributed by atoms with Crippen LogP contribution in [0.3, 0.4) is 0 Å². The Hall–Kier alpha value is -0.910. The summed E-state index contributed by atoms with van der Waals surface area (Å²) < 4.78 is 8.09. The van der Waals surface area contributed by atoms with Gasteiger partial charge in [-0.15, -0.1) is 0 Å². The summed E-state index contributed by atoms with van der Waals surface area (Å²) in [6, 6.07) is 0.204. The van der Waals surface area contributed by atoms with E-state index in [2.05, 4.69) is 23.6 Å². The van der Waals surface area contributed by atoms with Gasteiger partial charge < -0.3 is 4.74 Å². The van der Waals surface area contributed by atoms with Gasteiger partial charge in [0.15, 0.2) is 0 Å². The van der Waals surface area contributed by atoms with E-state index >= 15 is 0 Å². The summed E-state index contributed by atoms with van der Waals surface area (Å²) >= 11 is 0. The highest BCUT2D eigenvalue weighted by molar-refractivity contribution is 5.05. The summed E-state index contributed by atoms with van der Waals surface area (Å²) in [4.78, 5) is 0. The third kappa shape index (κ3) is 4.28. The molecule has 120 valence electrons. The second-order valence-electron chi connectivity index (χ2n) is 6.19. The molecule has 0 saturated heterocycles. The van der Waals surface area contributed by atoms with Gasteiger partial charge in [0.2, 0.25) is 0 Å². The SMILES string of the molecule is CCOC1(C(CCc2cnn(C)c2)NN)CCCCCC1. The summed E-state index contributed by atoms with van der Waals surface area (Å²) in [5.74, 6) is 5.89. The number of aromatic nitrogens is 2. The second-order valence-corrected chi connectivity index (χ2v) is 6.19. The molecule has 21 heavy (non-hydrogen) atoms. The fourth-order valence-corrected chi connectivity index (χ4v) is 3.62. The first kappa shape index (κ1) is 16.5. The van der Waals surface area contributed by atoms with Gasteiger partial charge in [-0.3, -0.25) is 16.0 Å². The number of hydrogen-bond acceptors (Lipinski definition) is 4. The molecule has 3 N–H and O–H groups in total. The standard InChI is InChI=1S/C16H30N4O/c1-3-21-16(10-6-4-5-7-11-16)15(19-17)9-8-14-12-18-20(2)13-14/h12-13,15,19H,3-11,17H2,1-2H3. The van der Waals surface area contributed by atoms with Crippen LogP contribution in [0.5, 0.6) is 0 Å². The van der Waals surface area contributed by atoms with Crippen molar-refractivity contribution in [3.8, 4) is 0 Å². The first-order chi connectivity index (χ1) is 10.2. The second kappa shape index (κ2) is 7.92. The van der Waals surface area contributed by atoms with Crippen molar-refractivity contribution >= 4 is 0 Å². The molecule has 1 aliphatic carbocycles. The number of nitrogens with two attached hydrogens (primary N) is 1. The van der Waals surface area contributed by atoms with Crippen LogP contribution in [0.25, 0.3) is 0 Å². The van der Waals surface area contributed by atoms with Crippen LogP contribution in [-0.2, 0) is 18.2 Å². The Morgan fingerprint density at radius 1 is 1.38 bits per heavy atom. The Kier molecular flexibility index (Phi) is 6.21. The minimum absolute atomic E-state index is 0.0950. The molecule has 1 fully saturated rings. The van der Waals surface area contributed by atoms with Crippen LogP contribution in [-0.4, -0.2) is 28.0 Å². The first-order valence-corrected chi connectivity index (χ1v) is 8.28. The number of hydrazine groups is 1. The van der Waals surface area contributed by atoms with E-state index in [1.807, 2.05) is 17.9 Å². The summed E-state index contributed by atoms with van der Waals surface area (Å²) in [5, 5.41) is 4.24. The van der Waals surface area contributed by atoms with E-state index in [9.17, 15) is 0 Å². The molecule has 0 spiro atoms. The van der Waals surface area contributed by atoms with Crippen LogP contribution in [0.2, 0.25) is 0 Å². The first-order valence-electron chi connectivity index (χ1n) is 8.28. The van der Waals surface area contributed by atoms with Crippen LogP contribution in [0.4, 0.5) is 0 Å². The molecule has 0 aromatic carbocycles. The highest BCUT2D eigenvalue weighted by atomic mass is 16.5. The molecule has 1 unspecified atom stereocenters. The van der Waals surface area contributed by atoms with Gasteiger partial charge in [-0.25, -0.2) is 0 Å². The number of nitrogens with zero attached hydrogens (tertiary/aromatic N) is 2. The topological polar surface area (TPSA) is 65.1 Å². The van der Waals surface area contributed by atoms with Crippen molar-refractivity contribution in [3.63, 3.8) is 0 Å². The molecule has 5 heteroatoms. The lowest BCUT2D eigenvalue weighted by molar-refractivity contribution is -0.0785. The van der Waals surface area contributed by atoms with Gasteiger partial charge in [0.05, 0.1) is 17.8 Å². The van der Waals surface area contributed by atoms with Crippen molar-refractivity contribution in [3.05, 3.63) is 18.0 Å². The van der Waals surface area contributed by atoms with Crippen LogP contribution in [0.1, 0.15) is 57.4 Å². The molecule has 0 bridgehead atoms. The predicted octanol–water partition coefficient (Wildman–Crippen LogP) is 2.31. The molecule has 2 rings (SSSR count). The maximum atomic E-state index is 6.23. The van der Waals surface area contributed by atoms with Crippen LogP contribution in [0, 0.1) is 0 Å². The van der Waals surface area contributed by atoms with Gasteiger partial charge in [-0.2, -0.15) is 5.10 Å². The van der Waals surface area contributed by atoms with E-state index in [-0.39, 0.29) is 11.6 Å². The summed E-state index contributed by atoms with van der Waals surface area (Å²) in [6.07, 6.45) is 13.3. The average molecular weight is 294 g/mol. The Morgan fingerprint density at radius 2 is 2.10 bits per heavy atom. The van der Waals surface area contributed by atoms with Crippen molar-refractivity contribution in [2.75, 3.05) is 6.61 Å². The van der Waals surface area contributed by atoms with Gasteiger partial charge in [0.1, 0.15) is 0 Å². The van der Waals surface area contributed by atoms with Gasteiger partial charge in [-0.05, 0) is 38.2 Å². The van der Waals surface area contributed by atoms with Gasteiger partial charge >= 0.3 is 0 Å². The molecule has 1 atom stereocenters. The van der Waals surface area contributed by atoms with E-state index in [4.69, 9.17) is 10.6 Å². The molecule has 1 aromatic heterocycles. The Morgan fingerprint density at radius 3 is 2.62 bits per heavy atom. The highest BCUT2D eigenvalue weighted by Crippen LogP contribution is 2.35. The van der Waals surface area contributed by atoms with E-state index in [1.165, 1.54) is 31.2 Å². The van der Waals surface area contributed by atoms with Crippen LogP contribution < -0.4 is 11.3 Å². The molecular formula is C16H30N4O. The Balaban J connectivity index is 2.03.